The van der Waals surface area contributed by atoms with Crippen molar-refractivity contribution < 1.29 is 26.6 Å². The Bertz CT molecular complexity index is 1050. The van der Waals surface area contributed by atoms with E-state index in [1.807, 2.05) is 13.8 Å². The zero-order valence-corrected chi connectivity index (χ0v) is 20.9. The molecule has 0 amide bonds. The van der Waals surface area contributed by atoms with Gasteiger partial charge in [0.25, 0.3) is 0 Å². The maximum atomic E-state index is 13.8. The summed E-state index contributed by atoms with van der Waals surface area (Å²) >= 11 is 2.10. The highest BCUT2D eigenvalue weighted by atomic mass is 127. The first kappa shape index (κ1) is 22.2. The number of halogens is 1. The van der Waals surface area contributed by atoms with Crippen LogP contribution in [0.3, 0.4) is 0 Å². The third-order valence-corrected chi connectivity index (χ3v) is 13.2. The van der Waals surface area contributed by atoms with E-state index >= 15 is 0 Å². The third-order valence-electron chi connectivity index (χ3n) is 4.49. The molecule has 0 spiro atoms. The van der Waals surface area contributed by atoms with Crippen molar-refractivity contribution in [3.8, 4) is 0 Å². The lowest BCUT2D eigenvalue weighted by molar-refractivity contribution is 0.297. The van der Waals surface area contributed by atoms with Gasteiger partial charge in [-0.15, -0.1) is 0 Å². The van der Waals surface area contributed by atoms with E-state index in [9.17, 15) is 13.7 Å². The highest BCUT2D eigenvalue weighted by molar-refractivity contribution is 14.1. The van der Waals surface area contributed by atoms with Gasteiger partial charge in [-0.25, -0.2) is 12.9 Å². The molecule has 10 heteroatoms. The largest absolute Gasteiger partial charge is 0.376 e. The maximum Gasteiger partial charge on any atom is 0.376 e. The van der Waals surface area contributed by atoms with Gasteiger partial charge in [0.1, 0.15) is 0 Å². The smallest absolute Gasteiger partial charge is 0.254 e. The summed E-state index contributed by atoms with van der Waals surface area (Å²) in [7, 11) is -12.7. The average molecular weight is 574 g/mol. The van der Waals surface area contributed by atoms with Crippen molar-refractivity contribution in [2.24, 2.45) is 0 Å². The normalized spacial score (nSPS) is 28.9. The lowest BCUT2D eigenvalue weighted by Gasteiger charge is -2.34. The Morgan fingerprint density at radius 3 is 1.10 bits per heavy atom. The van der Waals surface area contributed by atoms with E-state index in [4.69, 9.17) is 12.9 Å². The number of aryl methyl sites for hydroxylation is 2. The standard InChI is InChI=1S/C20H18IO6P3/c1-15-3-9-18(10-4-15)28(22)25-29(23,19-11-5-16(2)6-12-19)27-30(24,26-28)20-13-7-17(21)8-14-20/h3-14H,1-2H3. The van der Waals surface area contributed by atoms with Crippen LogP contribution in [-0.2, 0) is 26.6 Å². The molecule has 0 radical (unpaired) electrons. The SMILES string of the molecule is Cc1ccc(P2(=O)OP(=O)(c3ccc(C)cc3)OP(=O)(c3ccc(I)cc3)O2)cc1. The Morgan fingerprint density at radius 2 is 0.800 bits per heavy atom. The van der Waals surface area contributed by atoms with E-state index in [0.29, 0.717) is 0 Å². The van der Waals surface area contributed by atoms with Gasteiger partial charge in [0, 0.05) is 3.57 Å². The topological polar surface area (TPSA) is 78.9 Å². The van der Waals surface area contributed by atoms with E-state index in [0.717, 1.165) is 14.7 Å². The average Bonchev–Trinajstić information content (AvgIpc) is 2.68. The highest BCUT2D eigenvalue weighted by Gasteiger charge is 2.55. The molecule has 4 rings (SSSR count). The van der Waals surface area contributed by atoms with Crippen LogP contribution in [0.25, 0.3) is 0 Å². The summed E-state index contributed by atoms with van der Waals surface area (Å²) in [6.45, 7) is 3.75. The summed E-state index contributed by atoms with van der Waals surface area (Å²) in [5, 5.41) is 0.481. The molecule has 30 heavy (non-hydrogen) atoms. The van der Waals surface area contributed by atoms with Crippen molar-refractivity contribution in [2.75, 3.05) is 0 Å². The molecule has 1 aliphatic rings. The molecule has 1 aliphatic heterocycles. The van der Waals surface area contributed by atoms with E-state index in [-0.39, 0.29) is 15.9 Å². The Morgan fingerprint density at radius 1 is 0.533 bits per heavy atom. The summed E-state index contributed by atoms with van der Waals surface area (Å²) in [5.74, 6) is 0. The van der Waals surface area contributed by atoms with Gasteiger partial charge in [-0.05, 0) is 85.0 Å². The third kappa shape index (κ3) is 4.31. The van der Waals surface area contributed by atoms with E-state index in [2.05, 4.69) is 22.6 Å². The lowest BCUT2D eigenvalue weighted by atomic mass is 10.2. The highest BCUT2D eigenvalue weighted by Crippen LogP contribution is 2.80. The molecular weight excluding hydrogens is 556 g/mol. The van der Waals surface area contributed by atoms with Crippen LogP contribution < -0.4 is 15.9 Å². The molecule has 0 aromatic heterocycles. The first-order chi connectivity index (χ1) is 14.1. The fourth-order valence-electron chi connectivity index (χ4n) is 2.83. The molecule has 0 bridgehead atoms. The first-order valence-electron chi connectivity index (χ1n) is 8.97. The molecule has 1 fully saturated rings. The molecule has 2 atom stereocenters. The van der Waals surface area contributed by atoms with Gasteiger partial charge in [0.2, 0.25) is 0 Å². The Hall–Kier alpha value is -1.04. The molecule has 0 aliphatic carbocycles. The van der Waals surface area contributed by atoms with E-state index in [1.165, 1.54) is 0 Å². The van der Waals surface area contributed by atoms with Gasteiger partial charge >= 0.3 is 22.8 Å². The molecule has 1 saturated heterocycles. The van der Waals surface area contributed by atoms with Crippen molar-refractivity contribution in [1.82, 2.24) is 0 Å². The van der Waals surface area contributed by atoms with Crippen LogP contribution in [0.1, 0.15) is 11.1 Å². The number of hydrogen-bond donors (Lipinski definition) is 0. The van der Waals surface area contributed by atoms with Gasteiger partial charge in [-0.3, -0.25) is 13.7 Å². The van der Waals surface area contributed by atoms with Crippen molar-refractivity contribution >= 4 is 61.3 Å². The predicted molar refractivity (Wildman–Crippen MR) is 126 cm³/mol. The zero-order chi connectivity index (χ0) is 21.6. The number of rotatable bonds is 3. The Labute approximate surface area is 188 Å². The minimum absolute atomic E-state index is 0.158. The molecule has 3 aromatic carbocycles. The molecule has 6 nitrogen and oxygen atoms in total. The van der Waals surface area contributed by atoms with E-state index in [1.54, 1.807) is 72.8 Å². The number of hydrogen-bond acceptors (Lipinski definition) is 6. The fourth-order valence-corrected chi connectivity index (χ4v) is 11.6. The van der Waals surface area contributed by atoms with Crippen molar-refractivity contribution in [3.63, 3.8) is 0 Å². The van der Waals surface area contributed by atoms with Gasteiger partial charge in [0.05, 0.1) is 15.9 Å². The van der Waals surface area contributed by atoms with Crippen LogP contribution in [0.4, 0.5) is 0 Å². The number of benzene rings is 3. The summed E-state index contributed by atoms with van der Waals surface area (Å²) in [6, 6.07) is 19.6. The molecule has 0 N–H and O–H groups in total. The maximum absolute atomic E-state index is 13.8. The quantitative estimate of drug-likeness (QED) is 0.290. The monoisotopic (exact) mass is 574 g/mol. The van der Waals surface area contributed by atoms with Gasteiger partial charge in [-0.2, -0.15) is 0 Å². The summed E-state index contributed by atoms with van der Waals surface area (Å²) in [4.78, 5) is 0. The van der Waals surface area contributed by atoms with Crippen LogP contribution in [0.2, 0.25) is 0 Å². The summed E-state index contributed by atoms with van der Waals surface area (Å²) in [5.41, 5.74) is 1.86. The fraction of sp³-hybridized carbons (Fsp3) is 0.100. The van der Waals surface area contributed by atoms with E-state index < -0.39 is 22.8 Å². The first-order valence-corrected chi connectivity index (χ1v) is 14.7. The Kier molecular flexibility index (Phi) is 6.02. The zero-order valence-electron chi connectivity index (χ0n) is 16.1. The molecule has 3 aromatic rings. The molecule has 0 saturated carbocycles. The molecule has 2 unspecified atom stereocenters. The van der Waals surface area contributed by atoms with Crippen molar-refractivity contribution in [2.45, 2.75) is 13.8 Å². The molecule has 156 valence electrons. The second-order valence-electron chi connectivity index (χ2n) is 6.88. The summed E-state index contributed by atoms with van der Waals surface area (Å²) in [6.07, 6.45) is 0. The van der Waals surface area contributed by atoms with Crippen molar-refractivity contribution in [3.05, 3.63) is 87.5 Å². The van der Waals surface area contributed by atoms with Gasteiger partial charge in [-0.1, -0.05) is 35.4 Å². The van der Waals surface area contributed by atoms with Crippen molar-refractivity contribution in [1.29, 1.82) is 0 Å². The second-order valence-corrected chi connectivity index (χ2v) is 14.6. The van der Waals surface area contributed by atoms with Gasteiger partial charge < -0.3 is 0 Å². The Balaban J connectivity index is 1.88. The van der Waals surface area contributed by atoms with Crippen LogP contribution >= 0.6 is 45.4 Å². The van der Waals surface area contributed by atoms with Crippen LogP contribution in [-0.4, -0.2) is 0 Å². The minimum atomic E-state index is -4.24. The van der Waals surface area contributed by atoms with Crippen LogP contribution in [0, 0.1) is 17.4 Å². The second kappa shape index (κ2) is 8.14. The van der Waals surface area contributed by atoms with Crippen LogP contribution in [0.15, 0.2) is 72.8 Å². The minimum Gasteiger partial charge on any atom is -0.254 e. The van der Waals surface area contributed by atoms with Crippen LogP contribution in [0.5, 0.6) is 0 Å². The molecule has 1 heterocycles. The lowest BCUT2D eigenvalue weighted by Crippen LogP contribution is -2.22. The predicted octanol–water partition coefficient (Wildman–Crippen LogP) is 5.83. The van der Waals surface area contributed by atoms with Gasteiger partial charge in [0.15, 0.2) is 0 Å². The molecular formula is C20H18IO6P3. The summed E-state index contributed by atoms with van der Waals surface area (Å²) < 4.78 is 58.9.